The molecule has 0 spiro atoms. The van der Waals surface area contributed by atoms with E-state index in [1.165, 1.54) is 0 Å². The molecule has 6 heteroatoms. The van der Waals surface area contributed by atoms with E-state index in [9.17, 15) is 8.42 Å². The summed E-state index contributed by atoms with van der Waals surface area (Å²) in [5.74, 6) is 0. The number of nitrogens with zero attached hydrogens (tertiary/aromatic N) is 3. The summed E-state index contributed by atoms with van der Waals surface area (Å²) in [6.45, 7) is 5.73. The van der Waals surface area contributed by atoms with Crippen LogP contribution in [0.4, 0.5) is 5.69 Å². The first-order valence-corrected chi connectivity index (χ1v) is 8.51. The van der Waals surface area contributed by atoms with E-state index in [2.05, 4.69) is 9.97 Å². The van der Waals surface area contributed by atoms with Gasteiger partial charge in [0.25, 0.3) is 0 Å². The Morgan fingerprint density at radius 3 is 2.23 bits per heavy atom. The molecule has 0 aliphatic carbocycles. The van der Waals surface area contributed by atoms with Crippen molar-refractivity contribution in [1.82, 2.24) is 9.97 Å². The fourth-order valence-corrected chi connectivity index (χ4v) is 2.99. The highest BCUT2D eigenvalue weighted by atomic mass is 32.2. The van der Waals surface area contributed by atoms with Crippen LogP contribution >= 0.6 is 0 Å². The summed E-state index contributed by atoms with van der Waals surface area (Å²) in [6.07, 6.45) is 5.10. The molecule has 0 saturated carbocycles. The van der Waals surface area contributed by atoms with Gasteiger partial charge in [0.05, 0.1) is 16.6 Å². The zero-order valence-electron chi connectivity index (χ0n) is 13.3. The molecule has 118 valence electrons. The van der Waals surface area contributed by atoms with Gasteiger partial charge in [0.15, 0.2) is 14.9 Å². The largest absolute Gasteiger partial charge is 0.369 e. The minimum Gasteiger partial charge on any atom is -0.369 e. The summed E-state index contributed by atoms with van der Waals surface area (Å²) < 4.78 is 23.8. The molecular weight excluding hydrogens is 298 g/mol. The van der Waals surface area contributed by atoms with Gasteiger partial charge in [-0.05, 0) is 50.6 Å². The van der Waals surface area contributed by atoms with Crippen molar-refractivity contribution >= 4 is 15.5 Å². The van der Waals surface area contributed by atoms with Crippen molar-refractivity contribution in [1.29, 1.82) is 0 Å². The zero-order valence-corrected chi connectivity index (χ0v) is 14.1. The van der Waals surface area contributed by atoms with Crippen molar-refractivity contribution in [2.75, 3.05) is 11.9 Å². The summed E-state index contributed by atoms with van der Waals surface area (Å²) in [5.41, 5.74) is 1.99. The van der Waals surface area contributed by atoms with Crippen LogP contribution in [0, 0.1) is 0 Å². The van der Waals surface area contributed by atoms with Gasteiger partial charge in [-0.15, -0.1) is 0 Å². The second-order valence-corrected chi connectivity index (χ2v) is 8.83. The predicted octanol–water partition coefficient (Wildman–Crippen LogP) is 2.69. The molecule has 2 aromatic heterocycles. The first-order chi connectivity index (χ1) is 10.2. The number of sulfone groups is 1. The van der Waals surface area contributed by atoms with Gasteiger partial charge in [-0.1, -0.05) is 0 Å². The van der Waals surface area contributed by atoms with Crippen LogP contribution in [0.25, 0.3) is 0 Å². The quantitative estimate of drug-likeness (QED) is 0.867. The molecule has 0 amide bonds. The molecule has 0 N–H and O–H groups in total. The Labute approximate surface area is 132 Å². The fourth-order valence-electron chi connectivity index (χ4n) is 1.92. The maximum absolute atomic E-state index is 12.3. The van der Waals surface area contributed by atoms with E-state index in [4.69, 9.17) is 0 Å². The van der Waals surface area contributed by atoms with Gasteiger partial charge < -0.3 is 4.90 Å². The Morgan fingerprint density at radius 1 is 1.09 bits per heavy atom. The van der Waals surface area contributed by atoms with E-state index in [0.29, 0.717) is 6.54 Å². The monoisotopic (exact) mass is 319 g/mol. The minimum atomic E-state index is -3.42. The SMILES string of the molecule is CN(Cc1ccncc1)c1ccc(S(=O)(=O)C(C)(C)C)nc1. The molecule has 0 aliphatic heterocycles. The summed E-state index contributed by atoms with van der Waals surface area (Å²) in [4.78, 5) is 10.1. The van der Waals surface area contributed by atoms with Crippen molar-refractivity contribution in [2.45, 2.75) is 37.1 Å². The lowest BCUT2D eigenvalue weighted by molar-refractivity contribution is 0.556. The van der Waals surface area contributed by atoms with Crippen molar-refractivity contribution in [3.05, 3.63) is 48.4 Å². The van der Waals surface area contributed by atoms with Crippen molar-refractivity contribution in [3.63, 3.8) is 0 Å². The zero-order chi connectivity index (χ0) is 16.4. The Hall–Kier alpha value is -1.95. The van der Waals surface area contributed by atoms with Crippen LogP contribution in [0.15, 0.2) is 47.9 Å². The normalized spacial score (nSPS) is 12.2. The van der Waals surface area contributed by atoms with Crippen molar-refractivity contribution < 1.29 is 8.42 Å². The number of hydrogen-bond donors (Lipinski definition) is 0. The van der Waals surface area contributed by atoms with Gasteiger partial charge in [-0.25, -0.2) is 13.4 Å². The lowest BCUT2D eigenvalue weighted by Crippen LogP contribution is -2.28. The van der Waals surface area contributed by atoms with Crippen LogP contribution in [0.1, 0.15) is 26.3 Å². The molecule has 2 aromatic rings. The standard InChI is InChI=1S/C16H21N3O2S/c1-16(2,3)22(20,21)15-6-5-14(11-18-15)19(4)12-13-7-9-17-10-8-13/h5-11H,12H2,1-4H3. The highest BCUT2D eigenvalue weighted by Crippen LogP contribution is 2.24. The molecule has 0 bridgehead atoms. The summed E-state index contributed by atoms with van der Waals surface area (Å²) in [7, 11) is -1.48. The van der Waals surface area contributed by atoms with Gasteiger partial charge in [0.2, 0.25) is 0 Å². The first-order valence-electron chi connectivity index (χ1n) is 7.02. The van der Waals surface area contributed by atoms with E-state index >= 15 is 0 Å². The molecule has 5 nitrogen and oxygen atoms in total. The van der Waals surface area contributed by atoms with Crippen LogP contribution < -0.4 is 4.90 Å². The van der Waals surface area contributed by atoms with Crippen molar-refractivity contribution in [2.24, 2.45) is 0 Å². The molecule has 0 saturated heterocycles. The second-order valence-electron chi connectivity index (χ2n) is 6.18. The van der Waals surface area contributed by atoms with Gasteiger partial charge in [0.1, 0.15) is 0 Å². The maximum atomic E-state index is 12.3. The first kappa shape index (κ1) is 16.4. The molecule has 0 unspecified atom stereocenters. The third-order valence-electron chi connectivity index (χ3n) is 3.41. The van der Waals surface area contributed by atoms with E-state index in [1.54, 1.807) is 51.5 Å². The number of aromatic nitrogens is 2. The number of rotatable bonds is 4. The Bertz CT molecular complexity index is 720. The lowest BCUT2D eigenvalue weighted by Gasteiger charge is -2.21. The Kier molecular flexibility index (Phi) is 4.51. The number of pyridine rings is 2. The molecule has 22 heavy (non-hydrogen) atoms. The van der Waals surface area contributed by atoms with Crippen LogP contribution in [-0.2, 0) is 16.4 Å². The third-order valence-corrected chi connectivity index (χ3v) is 5.82. The lowest BCUT2D eigenvalue weighted by atomic mass is 10.2. The molecule has 0 aromatic carbocycles. The van der Waals surface area contributed by atoms with Crippen molar-refractivity contribution in [3.8, 4) is 0 Å². The average Bonchev–Trinajstić information content (AvgIpc) is 2.47. The highest BCUT2D eigenvalue weighted by Gasteiger charge is 2.31. The molecule has 0 atom stereocenters. The minimum absolute atomic E-state index is 0.112. The van der Waals surface area contributed by atoms with E-state index in [-0.39, 0.29) is 5.03 Å². The van der Waals surface area contributed by atoms with E-state index in [0.717, 1.165) is 11.3 Å². The highest BCUT2D eigenvalue weighted by molar-refractivity contribution is 7.92. The predicted molar refractivity (Wildman–Crippen MR) is 87.5 cm³/mol. The average molecular weight is 319 g/mol. The summed E-state index contributed by atoms with van der Waals surface area (Å²) >= 11 is 0. The van der Waals surface area contributed by atoms with Crippen LogP contribution in [0.2, 0.25) is 0 Å². The topological polar surface area (TPSA) is 63.2 Å². The molecule has 0 aliphatic rings. The molecule has 0 fully saturated rings. The smallest absolute Gasteiger partial charge is 0.200 e. The second kappa shape index (κ2) is 6.04. The van der Waals surface area contributed by atoms with Gasteiger partial charge in [-0.2, -0.15) is 0 Å². The maximum Gasteiger partial charge on any atom is 0.200 e. The molecule has 0 radical (unpaired) electrons. The molecule has 2 rings (SSSR count). The van der Waals surface area contributed by atoms with Gasteiger partial charge >= 0.3 is 0 Å². The summed E-state index contributed by atoms with van der Waals surface area (Å²) in [6, 6.07) is 7.25. The third kappa shape index (κ3) is 3.44. The van der Waals surface area contributed by atoms with Crippen LogP contribution in [-0.4, -0.2) is 30.2 Å². The van der Waals surface area contributed by atoms with E-state index in [1.807, 2.05) is 24.1 Å². The van der Waals surface area contributed by atoms with Gasteiger partial charge in [-0.3, -0.25) is 4.98 Å². The number of hydrogen-bond acceptors (Lipinski definition) is 5. The van der Waals surface area contributed by atoms with Gasteiger partial charge in [0, 0.05) is 26.0 Å². The molecule has 2 heterocycles. The summed E-state index contributed by atoms with van der Waals surface area (Å²) in [5, 5.41) is 0.112. The van der Waals surface area contributed by atoms with Crippen LogP contribution in [0.3, 0.4) is 0 Å². The Morgan fingerprint density at radius 2 is 1.73 bits per heavy atom. The van der Waals surface area contributed by atoms with Crippen LogP contribution in [0.5, 0.6) is 0 Å². The number of anilines is 1. The van der Waals surface area contributed by atoms with E-state index < -0.39 is 14.6 Å². The molecular formula is C16H21N3O2S. The Balaban J connectivity index is 2.19. The fraction of sp³-hybridized carbons (Fsp3) is 0.375.